The van der Waals surface area contributed by atoms with E-state index in [2.05, 4.69) is 10.0 Å². The van der Waals surface area contributed by atoms with E-state index in [1.54, 1.807) is 36.6 Å². The summed E-state index contributed by atoms with van der Waals surface area (Å²) in [5, 5.41) is 4.94. The van der Waals surface area contributed by atoms with Crippen molar-refractivity contribution in [2.24, 2.45) is 0 Å². The first-order valence-electron chi connectivity index (χ1n) is 8.34. The summed E-state index contributed by atoms with van der Waals surface area (Å²) in [6.07, 6.45) is 3.39. The van der Waals surface area contributed by atoms with Gasteiger partial charge in [0, 0.05) is 19.0 Å². The second-order valence-corrected chi connectivity index (χ2v) is 8.85. The number of carbonyl (C=O) groups is 1. The van der Waals surface area contributed by atoms with Gasteiger partial charge in [0.1, 0.15) is 9.90 Å². The van der Waals surface area contributed by atoms with E-state index in [1.165, 1.54) is 13.2 Å². The highest BCUT2D eigenvalue weighted by molar-refractivity contribution is 7.94. The summed E-state index contributed by atoms with van der Waals surface area (Å²) >= 11 is 1.14. The lowest BCUT2D eigenvalue weighted by Gasteiger charge is -2.18. The molecule has 0 saturated heterocycles. The summed E-state index contributed by atoms with van der Waals surface area (Å²) in [4.78, 5) is 13.7. The maximum Gasteiger partial charge on any atom is 0.271 e. The van der Waals surface area contributed by atoms with E-state index in [-0.39, 0.29) is 9.99 Å². The van der Waals surface area contributed by atoms with Crippen LogP contribution in [0.1, 0.15) is 18.9 Å². The van der Waals surface area contributed by atoms with Crippen LogP contribution in [0.5, 0.6) is 5.75 Å². The number of nitrogens with one attached hydrogen (secondary N) is 2. The molecule has 27 heavy (non-hydrogen) atoms. The Morgan fingerprint density at radius 2 is 2.26 bits per heavy atom. The van der Waals surface area contributed by atoms with Crippen LogP contribution >= 0.6 is 11.3 Å². The van der Waals surface area contributed by atoms with Crippen molar-refractivity contribution in [3.63, 3.8) is 0 Å². The number of allylic oxidation sites excluding steroid dienone is 1. The van der Waals surface area contributed by atoms with Crippen LogP contribution in [0, 0.1) is 0 Å². The summed E-state index contributed by atoms with van der Waals surface area (Å²) in [5.41, 5.74) is 2.44. The molecule has 0 bridgehead atoms. The van der Waals surface area contributed by atoms with Gasteiger partial charge in [0.25, 0.3) is 10.0 Å². The molecule has 9 heteroatoms. The minimum atomic E-state index is -3.74. The van der Waals surface area contributed by atoms with Crippen LogP contribution in [0.15, 0.2) is 33.9 Å². The van der Waals surface area contributed by atoms with E-state index in [0.29, 0.717) is 30.1 Å². The fourth-order valence-electron chi connectivity index (χ4n) is 2.78. The summed E-state index contributed by atoms with van der Waals surface area (Å²) < 4.78 is 33.9. The Balaban J connectivity index is 2.15. The number of carbonyl (C=O) groups excluding carboxylic acids is 1. The third-order valence-corrected chi connectivity index (χ3v) is 6.96. The second kappa shape index (κ2) is 7.61. The number of nitrogens with zero attached hydrogens (tertiary/aromatic N) is 1. The highest BCUT2D eigenvalue weighted by Gasteiger charge is 2.26. The van der Waals surface area contributed by atoms with Gasteiger partial charge in [0.15, 0.2) is 11.5 Å². The molecule has 2 aromatic rings. The van der Waals surface area contributed by atoms with Crippen LogP contribution < -0.4 is 19.7 Å². The van der Waals surface area contributed by atoms with Crippen molar-refractivity contribution >= 4 is 50.3 Å². The number of benzene rings is 1. The molecule has 2 N–H and O–H groups in total. The molecule has 0 atom stereocenters. The normalized spacial score (nSPS) is 13.5. The van der Waals surface area contributed by atoms with Crippen molar-refractivity contribution in [1.82, 2.24) is 0 Å². The van der Waals surface area contributed by atoms with E-state index in [9.17, 15) is 13.2 Å². The van der Waals surface area contributed by atoms with Gasteiger partial charge in [-0.15, -0.1) is 11.3 Å². The number of fused-ring (bicyclic) bond motifs is 1. The molecule has 0 saturated carbocycles. The van der Waals surface area contributed by atoms with Gasteiger partial charge in [-0.1, -0.05) is 13.0 Å². The quantitative estimate of drug-likeness (QED) is 0.684. The summed E-state index contributed by atoms with van der Waals surface area (Å²) in [5.74, 6) is 0.426. The van der Waals surface area contributed by atoms with Crippen molar-refractivity contribution in [2.75, 3.05) is 35.8 Å². The lowest BCUT2D eigenvalue weighted by Crippen LogP contribution is -2.16. The van der Waals surface area contributed by atoms with Crippen LogP contribution in [-0.2, 0) is 14.8 Å². The van der Waals surface area contributed by atoms with Gasteiger partial charge in [-0.25, -0.2) is 8.42 Å². The number of hydrogen-bond acceptors (Lipinski definition) is 7. The van der Waals surface area contributed by atoms with E-state index in [4.69, 9.17) is 4.74 Å². The standard InChI is InChI=1S/C18H21N3O4S2/c1-4-12(22)7-8-13-14(20-27(23,24)16-6-5-9-26-16)10-15-17(18(13)25-3)19-11-21(15)2/h5-10,19-20H,4,11H2,1-3H3/b8-7+. The molecular formula is C18H21N3O4S2. The number of thiophene rings is 1. The zero-order chi connectivity index (χ0) is 19.6. The number of sulfonamides is 1. The van der Waals surface area contributed by atoms with Crippen molar-refractivity contribution in [2.45, 2.75) is 17.6 Å². The Hall–Kier alpha value is -2.52. The molecule has 1 aliphatic rings. The summed E-state index contributed by atoms with van der Waals surface area (Å²) in [7, 11) is -0.327. The van der Waals surface area contributed by atoms with Crippen LogP contribution in [0.3, 0.4) is 0 Å². The van der Waals surface area contributed by atoms with Gasteiger partial charge in [0.05, 0.1) is 25.2 Å². The monoisotopic (exact) mass is 407 g/mol. The molecular weight excluding hydrogens is 386 g/mol. The van der Waals surface area contributed by atoms with Crippen molar-refractivity contribution in [1.29, 1.82) is 0 Å². The highest BCUT2D eigenvalue weighted by Crippen LogP contribution is 2.46. The summed E-state index contributed by atoms with van der Waals surface area (Å²) in [6.45, 7) is 2.34. The molecule has 0 spiro atoms. The molecule has 3 rings (SSSR count). The lowest BCUT2D eigenvalue weighted by atomic mass is 10.1. The first kappa shape index (κ1) is 19.2. The fourth-order valence-corrected chi connectivity index (χ4v) is 4.85. The first-order chi connectivity index (χ1) is 12.9. The zero-order valence-corrected chi connectivity index (χ0v) is 16.9. The van der Waals surface area contributed by atoms with Crippen molar-refractivity contribution in [3.8, 4) is 5.75 Å². The van der Waals surface area contributed by atoms with E-state index >= 15 is 0 Å². The molecule has 0 radical (unpaired) electrons. The molecule has 0 unspecified atom stereocenters. The smallest absolute Gasteiger partial charge is 0.271 e. The molecule has 0 fully saturated rings. The average molecular weight is 408 g/mol. The highest BCUT2D eigenvalue weighted by atomic mass is 32.2. The molecule has 0 amide bonds. The zero-order valence-electron chi connectivity index (χ0n) is 15.3. The molecule has 144 valence electrons. The third kappa shape index (κ3) is 3.79. The van der Waals surface area contributed by atoms with Gasteiger partial charge in [0.2, 0.25) is 0 Å². The predicted octanol–water partition coefficient (Wildman–Crippen LogP) is 3.37. The topological polar surface area (TPSA) is 87.7 Å². The van der Waals surface area contributed by atoms with Crippen molar-refractivity contribution < 1.29 is 17.9 Å². The second-order valence-electron chi connectivity index (χ2n) is 5.99. The van der Waals surface area contributed by atoms with Crippen LogP contribution in [0.2, 0.25) is 0 Å². The Labute approximate surface area is 162 Å². The number of methoxy groups -OCH3 is 1. The van der Waals surface area contributed by atoms with Crippen LogP contribution in [0.4, 0.5) is 17.1 Å². The Bertz CT molecular complexity index is 983. The van der Waals surface area contributed by atoms with Gasteiger partial charge < -0.3 is 15.0 Å². The first-order valence-corrected chi connectivity index (χ1v) is 10.7. The fraction of sp³-hybridized carbons (Fsp3) is 0.278. The predicted molar refractivity (Wildman–Crippen MR) is 109 cm³/mol. The lowest BCUT2D eigenvalue weighted by molar-refractivity contribution is -0.114. The molecule has 1 aromatic carbocycles. The van der Waals surface area contributed by atoms with E-state index in [1.807, 2.05) is 11.9 Å². The molecule has 1 aromatic heterocycles. The van der Waals surface area contributed by atoms with E-state index < -0.39 is 10.0 Å². The number of rotatable bonds is 7. The molecule has 2 heterocycles. The third-order valence-electron chi connectivity index (χ3n) is 4.20. The maximum absolute atomic E-state index is 12.7. The number of anilines is 3. The van der Waals surface area contributed by atoms with Gasteiger partial charge in [-0.2, -0.15) is 0 Å². The average Bonchev–Trinajstić information content (AvgIpc) is 3.30. The van der Waals surface area contributed by atoms with Gasteiger partial charge in [-0.05, 0) is 29.7 Å². The van der Waals surface area contributed by atoms with Crippen LogP contribution in [0.25, 0.3) is 6.08 Å². The van der Waals surface area contributed by atoms with E-state index in [0.717, 1.165) is 22.7 Å². The van der Waals surface area contributed by atoms with Crippen LogP contribution in [-0.4, -0.2) is 35.0 Å². The summed E-state index contributed by atoms with van der Waals surface area (Å²) in [6, 6.07) is 4.97. The molecule has 1 aliphatic heterocycles. The Morgan fingerprint density at radius 3 is 2.89 bits per heavy atom. The Kier molecular flexibility index (Phi) is 5.43. The number of ether oxygens (including phenoxy) is 1. The minimum absolute atomic E-state index is 0.0605. The SMILES string of the molecule is CCC(=O)/C=C/c1c(NS(=O)(=O)c2cccs2)cc2c(c1OC)NCN2C. The largest absolute Gasteiger partial charge is 0.494 e. The molecule has 7 nitrogen and oxygen atoms in total. The molecule has 0 aliphatic carbocycles. The van der Waals surface area contributed by atoms with Crippen molar-refractivity contribution in [3.05, 3.63) is 35.2 Å². The minimum Gasteiger partial charge on any atom is -0.494 e. The maximum atomic E-state index is 12.7. The number of hydrogen-bond donors (Lipinski definition) is 2. The van der Waals surface area contributed by atoms with Gasteiger partial charge in [-0.3, -0.25) is 9.52 Å². The van der Waals surface area contributed by atoms with Gasteiger partial charge >= 0.3 is 0 Å². The Morgan fingerprint density at radius 1 is 1.48 bits per heavy atom. The number of ketones is 1.